The molecular weight excluding hydrogens is 350 g/mol. The molecule has 9 heteroatoms. The van der Waals surface area contributed by atoms with Crippen LogP contribution >= 0.6 is 27.3 Å². The van der Waals surface area contributed by atoms with Gasteiger partial charge in [0.05, 0.1) is 9.47 Å². The van der Waals surface area contributed by atoms with Crippen LogP contribution in [-0.2, 0) is 9.53 Å². The van der Waals surface area contributed by atoms with Gasteiger partial charge in [0.1, 0.15) is 4.88 Å². The fourth-order valence-corrected chi connectivity index (χ4v) is 3.14. The lowest BCUT2D eigenvalue weighted by molar-refractivity contribution is -0.125. The molecule has 0 aliphatic heterocycles. The highest BCUT2D eigenvalue weighted by Gasteiger charge is 2.39. The van der Waals surface area contributed by atoms with Crippen LogP contribution in [0.4, 0.5) is 10.5 Å². The van der Waals surface area contributed by atoms with E-state index in [-0.39, 0.29) is 16.5 Å². The molecule has 0 aromatic carbocycles. The molecule has 1 aromatic heterocycles. The van der Waals surface area contributed by atoms with Crippen LogP contribution in [0.25, 0.3) is 0 Å². The molecule has 1 saturated carbocycles. The van der Waals surface area contributed by atoms with Crippen molar-refractivity contribution in [2.24, 2.45) is 17.4 Å². The number of hydrogen-bond donors (Lipinski definition) is 3. The minimum Gasteiger partial charge on any atom is -0.436 e. The third kappa shape index (κ3) is 3.48. The van der Waals surface area contributed by atoms with Crippen molar-refractivity contribution in [3.63, 3.8) is 0 Å². The number of hydrogen-bond acceptors (Lipinski definition) is 5. The smallest absolute Gasteiger partial charge is 0.405 e. The minimum absolute atomic E-state index is 0.0263. The molecule has 1 aromatic rings. The van der Waals surface area contributed by atoms with E-state index < -0.39 is 24.0 Å². The fourth-order valence-electron chi connectivity index (χ4n) is 1.73. The summed E-state index contributed by atoms with van der Waals surface area (Å²) in [5.41, 5.74) is 10.5. The van der Waals surface area contributed by atoms with Gasteiger partial charge in [-0.2, -0.15) is 0 Å². The predicted octanol–water partition coefficient (Wildman–Crippen LogP) is 1.42. The molecule has 5 N–H and O–H groups in total. The topological polar surface area (TPSA) is 125 Å². The molecule has 20 heavy (non-hydrogen) atoms. The van der Waals surface area contributed by atoms with E-state index in [1.54, 1.807) is 6.07 Å². The average molecular weight is 362 g/mol. The molecule has 2 rings (SSSR count). The summed E-state index contributed by atoms with van der Waals surface area (Å²) in [7, 11) is 0. The zero-order valence-corrected chi connectivity index (χ0v) is 12.6. The molecule has 1 aliphatic carbocycles. The second-order valence-corrected chi connectivity index (χ2v) is 6.77. The molecule has 0 unspecified atom stereocenters. The first-order valence-corrected chi connectivity index (χ1v) is 7.35. The molecule has 0 radical (unpaired) electrons. The number of nitrogens with two attached hydrogens (primary N) is 2. The van der Waals surface area contributed by atoms with Crippen molar-refractivity contribution >= 4 is 50.9 Å². The number of amides is 3. The molecular formula is C11H12BrN3O4S. The lowest BCUT2D eigenvalue weighted by Crippen LogP contribution is -2.36. The summed E-state index contributed by atoms with van der Waals surface area (Å²) in [6, 6.07) is 1.57. The monoisotopic (exact) mass is 361 g/mol. The number of thiophene rings is 1. The molecule has 1 fully saturated rings. The molecule has 1 heterocycles. The zero-order chi connectivity index (χ0) is 14.9. The maximum absolute atomic E-state index is 12.1. The van der Waals surface area contributed by atoms with Gasteiger partial charge in [-0.15, -0.1) is 11.3 Å². The molecule has 108 valence electrons. The molecule has 3 amide bonds. The van der Waals surface area contributed by atoms with Crippen molar-refractivity contribution in [2.75, 3.05) is 5.32 Å². The van der Waals surface area contributed by atoms with Gasteiger partial charge < -0.3 is 21.5 Å². The van der Waals surface area contributed by atoms with Gasteiger partial charge >= 0.3 is 6.09 Å². The molecule has 0 saturated heterocycles. The molecule has 1 atom stereocenters. The van der Waals surface area contributed by atoms with Gasteiger partial charge in [-0.25, -0.2) is 4.79 Å². The van der Waals surface area contributed by atoms with Gasteiger partial charge in [0.25, 0.3) is 11.8 Å². The van der Waals surface area contributed by atoms with Gasteiger partial charge in [-0.05, 0) is 34.8 Å². The summed E-state index contributed by atoms with van der Waals surface area (Å²) in [5, 5.41) is 2.55. The van der Waals surface area contributed by atoms with E-state index in [9.17, 15) is 14.4 Å². The summed E-state index contributed by atoms with van der Waals surface area (Å²) < 4.78 is 5.47. The van der Waals surface area contributed by atoms with Crippen molar-refractivity contribution in [3.8, 4) is 0 Å². The van der Waals surface area contributed by atoms with E-state index in [1.165, 1.54) is 0 Å². The summed E-state index contributed by atoms with van der Waals surface area (Å²) in [4.78, 5) is 34.4. The predicted molar refractivity (Wildman–Crippen MR) is 76.3 cm³/mol. The van der Waals surface area contributed by atoms with Gasteiger partial charge in [0.2, 0.25) is 0 Å². The van der Waals surface area contributed by atoms with E-state index in [4.69, 9.17) is 16.2 Å². The largest absolute Gasteiger partial charge is 0.436 e. The maximum atomic E-state index is 12.1. The number of carbonyl (C=O) groups is 3. The van der Waals surface area contributed by atoms with E-state index in [0.717, 1.165) is 24.2 Å². The second kappa shape index (κ2) is 5.80. The Labute approximate surface area is 126 Å². The van der Waals surface area contributed by atoms with Gasteiger partial charge in [-0.1, -0.05) is 0 Å². The Morgan fingerprint density at radius 2 is 2.05 bits per heavy atom. The Bertz CT molecular complexity index is 570. The Morgan fingerprint density at radius 1 is 1.40 bits per heavy atom. The van der Waals surface area contributed by atoms with Gasteiger partial charge in [-0.3, -0.25) is 9.59 Å². The lowest BCUT2D eigenvalue weighted by Gasteiger charge is -2.15. The quantitative estimate of drug-likeness (QED) is 0.733. The first-order valence-electron chi connectivity index (χ1n) is 5.74. The van der Waals surface area contributed by atoms with E-state index in [0.29, 0.717) is 3.79 Å². The number of rotatable bonds is 5. The van der Waals surface area contributed by atoms with Crippen LogP contribution in [0.5, 0.6) is 0 Å². The average Bonchev–Trinajstić information content (AvgIpc) is 3.10. The summed E-state index contributed by atoms with van der Waals surface area (Å²) in [5.74, 6) is -1.18. The normalized spacial score (nSPS) is 15.4. The molecule has 0 spiro atoms. The molecule has 7 nitrogen and oxygen atoms in total. The third-order valence-electron chi connectivity index (χ3n) is 2.74. The van der Waals surface area contributed by atoms with Crippen molar-refractivity contribution in [3.05, 3.63) is 14.7 Å². The number of nitrogens with one attached hydrogen (secondary N) is 1. The van der Waals surface area contributed by atoms with Crippen LogP contribution in [0, 0.1) is 5.92 Å². The standard InChI is InChI=1S/C11H12BrN3O4S/c12-6-3-5(8(20-6)9(13)16)15-10(17)7(4-1-2-4)19-11(14)18/h3-4,7H,1-2H2,(H2,13,16)(H2,14,18)(H,15,17)/t7-/m0/s1. The Balaban J connectivity index is 2.13. The highest BCUT2D eigenvalue weighted by molar-refractivity contribution is 9.11. The summed E-state index contributed by atoms with van der Waals surface area (Å²) in [6.45, 7) is 0. The van der Waals surface area contributed by atoms with Crippen LogP contribution in [0.1, 0.15) is 22.5 Å². The van der Waals surface area contributed by atoms with Crippen molar-refractivity contribution in [2.45, 2.75) is 18.9 Å². The first-order chi connectivity index (χ1) is 9.38. The Hall–Kier alpha value is -1.61. The second-order valence-electron chi connectivity index (χ2n) is 4.34. The SMILES string of the molecule is NC(=O)O[C@H](C(=O)Nc1cc(Br)sc1C(N)=O)C1CC1. The minimum atomic E-state index is -1.00. The first kappa shape index (κ1) is 14.8. The lowest BCUT2D eigenvalue weighted by atomic mass is 10.2. The van der Waals surface area contributed by atoms with Crippen molar-refractivity contribution in [1.82, 2.24) is 0 Å². The zero-order valence-electron chi connectivity index (χ0n) is 10.2. The van der Waals surface area contributed by atoms with E-state index in [1.807, 2.05) is 0 Å². The number of anilines is 1. The highest BCUT2D eigenvalue weighted by Crippen LogP contribution is 2.36. The van der Waals surface area contributed by atoms with Crippen molar-refractivity contribution < 1.29 is 19.1 Å². The summed E-state index contributed by atoms with van der Waals surface area (Å²) >= 11 is 4.32. The number of carbonyl (C=O) groups excluding carboxylic acids is 3. The third-order valence-corrected chi connectivity index (χ3v) is 4.39. The van der Waals surface area contributed by atoms with Crippen LogP contribution < -0.4 is 16.8 Å². The summed E-state index contributed by atoms with van der Waals surface area (Å²) in [6.07, 6.45) is -0.353. The number of ether oxygens (including phenoxy) is 1. The highest BCUT2D eigenvalue weighted by atomic mass is 79.9. The van der Waals surface area contributed by atoms with Crippen molar-refractivity contribution in [1.29, 1.82) is 0 Å². The maximum Gasteiger partial charge on any atom is 0.405 e. The Kier molecular flexibility index (Phi) is 4.29. The number of primary amides is 2. The fraction of sp³-hybridized carbons (Fsp3) is 0.364. The van der Waals surface area contributed by atoms with Gasteiger partial charge in [0, 0.05) is 5.92 Å². The number of halogens is 1. The van der Waals surface area contributed by atoms with Crippen LogP contribution in [0.3, 0.4) is 0 Å². The van der Waals surface area contributed by atoms with Gasteiger partial charge in [0.15, 0.2) is 6.10 Å². The molecule has 1 aliphatic rings. The Morgan fingerprint density at radius 3 is 2.55 bits per heavy atom. The van der Waals surface area contributed by atoms with Crippen LogP contribution in [0.2, 0.25) is 0 Å². The molecule has 0 bridgehead atoms. The van der Waals surface area contributed by atoms with E-state index >= 15 is 0 Å². The van der Waals surface area contributed by atoms with Crippen LogP contribution in [-0.4, -0.2) is 24.0 Å². The van der Waals surface area contributed by atoms with Crippen LogP contribution in [0.15, 0.2) is 9.85 Å². The van der Waals surface area contributed by atoms with E-state index in [2.05, 4.69) is 21.2 Å².